The Labute approximate surface area is 350 Å². The van der Waals surface area contributed by atoms with E-state index in [2.05, 4.69) is 252 Å². The van der Waals surface area contributed by atoms with E-state index in [1.165, 1.54) is 49.4 Å². The molecule has 1 aromatic heterocycles. The number of anilines is 3. The van der Waals surface area contributed by atoms with E-state index in [1.54, 1.807) is 0 Å². The smallest absolute Gasteiger partial charge is 0.0562 e. The molecule has 10 aromatic carbocycles. The predicted octanol–water partition coefficient (Wildman–Crippen LogP) is 16.1. The van der Waals surface area contributed by atoms with Crippen LogP contribution in [-0.4, -0.2) is 4.57 Å². The zero-order chi connectivity index (χ0) is 39.8. The van der Waals surface area contributed by atoms with Crippen molar-refractivity contribution < 1.29 is 0 Å². The summed E-state index contributed by atoms with van der Waals surface area (Å²) in [7, 11) is 0. The van der Waals surface area contributed by atoms with Crippen LogP contribution < -0.4 is 4.90 Å². The van der Waals surface area contributed by atoms with Crippen molar-refractivity contribution in [2.75, 3.05) is 4.90 Å². The molecular formula is C58H40N2. The molecule has 0 aliphatic rings. The first-order valence-corrected chi connectivity index (χ1v) is 20.6. The molecule has 0 radical (unpaired) electrons. The molecule has 0 aliphatic carbocycles. The van der Waals surface area contributed by atoms with Crippen molar-refractivity contribution >= 4 is 49.6 Å². The van der Waals surface area contributed by atoms with E-state index in [-0.39, 0.29) is 0 Å². The van der Waals surface area contributed by atoms with Crippen molar-refractivity contribution in [2.45, 2.75) is 0 Å². The van der Waals surface area contributed by atoms with Gasteiger partial charge in [0.25, 0.3) is 0 Å². The van der Waals surface area contributed by atoms with Crippen LogP contribution in [0.2, 0.25) is 0 Å². The minimum atomic E-state index is 1.10. The molecular weight excluding hydrogens is 725 g/mol. The van der Waals surface area contributed by atoms with Gasteiger partial charge in [0.1, 0.15) is 0 Å². The van der Waals surface area contributed by atoms with Gasteiger partial charge in [-0.15, -0.1) is 0 Å². The van der Waals surface area contributed by atoms with Crippen LogP contribution in [0.15, 0.2) is 243 Å². The van der Waals surface area contributed by atoms with E-state index < -0.39 is 0 Å². The molecule has 282 valence electrons. The van der Waals surface area contributed by atoms with E-state index in [1.807, 2.05) is 0 Å². The third-order valence-corrected chi connectivity index (χ3v) is 11.8. The molecule has 0 saturated heterocycles. The van der Waals surface area contributed by atoms with Gasteiger partial charge in [0.05, 0.1) is 33.8 Å². The van der Waals surface area contributed by atoms with Gasteiger partial charge in [0.2, 0.25) is 0 Å². The minimum Gasteiger partial charge on any atom is -0.309 e. The topological polar surface area (TPSA) is 8.17 Å². The fourth-order valence-electron chi connectivity index (χ4n) is 9.03. The normalized spacial score (nSPS) is 11.3. The Balaban J connectivity index is 1.22. The standard InChI is InChI=1S/C58H40N2/c1-4-19-41(20-5-1)46-37-38-55(51(40-46)44-24-8-3-9-25-44)60(52-30-15-12-27-48(52)43-22-6-2-7-23-43)57-34-18-33-56-58(57)50-29-14-17-32-54(50)59(56)53-31-16-13-28-49(53)47-36-35-42-21-10-11-26-45(42)39-47/h1-40H. The molecule has 0 saturated carbocycles. The highest BCUT2D eigenvalue weighted by atomic mass is 15.2. The Kier molecular flexibility index (Phi) is 8.87. The van der Waals surface area contributed by atoms with Crippen LogP contribution in [0.5, 0.6) is 0 Å². The highest BCUT2D eigenvalue weighted by molar-refractivity contribution is 6.17. The molecule has 2 nitrogen and oxygen atoms in total. The Hall–Kier alpha value is -7.94. The fraction of sp³-hybridized carbons (Fsp3) is 0. The van der Waals surface area contributed by atoms with Crippen molar-refractivity contribution in [3.05, 3.63) is 243 Å². The van der Waals surface area contributed by atoms with Gasteiger partial charge < -0.3 is 9.47 Å². The van der Waals surface area contributed by atoms with E-state index in [4.69, 9.17) is 0 Å². The Morgan fingerprint density at radius 1 is 0.283 bits per heavy atom. The summed E-state index contributed by atoms with van der Waals surface area (Å²) in [6, 6.07) is 88.0. The molecule has 11 rings (SSSR count). The molecule has 60 heavy (non-hydrogen) atoms. The Bertz CT molecular complexity index is 3310. The Morgan fingerprint density at radius 3 is 1.62 bits per heavy atom. The molecule has 0 N–H and O–H groups in total. The molecule has 0 spiro atoms. The van der Waals surface area contributed by atoms with Crippen LogP contribution in [0.3, 0.4) is 0 Å². The second-order valence-corrected chi connectivity index (χ2v) is 15.3. The lowest BCUT2D eigenvalue weighted by Crippen LogP contribution is -2.13. The summed E-state index contributed by atoms with van der Waals surface area (Å²) < 4.78 is 2.47. The molecule has 2 heteroatoms. The van der Waals surface area contributed by atoms with Gasteiger partial charge in [-0.2, -0.15) is 0 Å². The second-order valence-electron chi connectivity index (χ2n) is 15.3. The number of hydrogen-bond acceptors (Lipinski definition) is 1. The van der Waals surface area contributed by atoms with Gasteiger partial charge in [-0.3, -0.25) is 0 Å². The monoisotopic (exact) mass is 764 g/mol. The lowest BCUT2D eigenvalue weighted by Gasteiger charge is -2.31. The van der Waals surface area contributed by atoms with E-state index >= 15 is 0 Å². The second kappa shape index (κ2) is 15.1. The predicted molar refractivity (Wildman–Crippen MR) is 255 cm³/mol. The van der Waals surface area contributed by atoms with Gasteiger partial charge in [-0.05, 0) is 87.1 Å². The van der Waals surface area contributed by atoms with Gasteiger partial charge in [0, 0.05) is 27.5 Å². The van der Waals surface area contributed by atoms with Crippen molar-refractivity contribution in [2.24, 2.45) is 0 Å². The minimum absolute atomic E-state index is 1.10. The average molecular weight is 765 g/mol. The summed E-state index contributed by atoms with van der Waals surface area (Å²) in [5.41, 5.74) is 16.1. The zero-order valence-electron chi connectivity index (χ0n) is 33.0. The number of fused-ring (bicyclic) bond motifs is 4. The maximum Gasteiger partial charge on any atom is 0.0562 e. The number of nitrogens with zero attached hydrogens (tertiary/aromatic N) is 2. The number of para-hydroxylation sites is 3. The van der Waals surface area contributed by atoms with Gasteiger partial charge in [0.15, 0.2) is 0 Å². The van der Waals surface area contributed by atoms with Crippen LogP contribution in [0.4, 0.5) is 17.1 Å². The van der Waals surface area contributed by atoms with Crippen molar-refractivity contribution in [3.63, 3.8) is 0 Å². The molecule has 0 amide bonds. The van der Waals surface area contributed by atoms with Crippen molar-refractivity contribution in [1.29, 1.82) is 0 Å². The molecule has 1 heterocycles. The van der Waals surface area contributed by atoms with Crippen LogP contribution in [0.25, 0.3) is 82.8 Å². The average Bonchev–Trinajstić information content (AvgIpc) is 3.67. The van der Waals surface area contributed by atoms with Gasteiger partial charge in [-0.1, -0.05) is 194 Å². The zero-order valence-corrected chi connectivity index (χ0v) is 33.0. The lowest BCUT2D eigenvalue weighted by atomic mass is 9.95. The highest BCUT2D eigenvalue weighted by Crippen LogP contribution is 2.50. The maximum atomic E-state index is 2.51. The fourth-order valence-corrected chi connectivity index (χ4v) is 9.03. The SMILES string of the molecule is c1ccc(-c2ccc(N(c3ccccc3-c3ccccc3)c3cccc4c3c3ccccc3n4-c3ccccc3-c3ccc4ccccc4c3)c(-c3ccccc3)c2)cc1. The van der Waals surface area contributed by atoms with E-state index in [9.17, 15) is 0 Å². The number of benzene rings is 10. The first-order chi connectivity index (χ1) is 29.8. The third-order valence-electron chi connectivity index (χ3n) is 11.8. The summed E-state index contributed by atoms with van der Waals surface area (Å²) in [6.07, 6.45) is 0. The molecule has 0 bridgehead atoms. The maximum absolute atomic E-state index is 2.51. The highest BCUT2D eigenvalue weighted by Gasteiger charge is 2.26. The summed E-state index contributed by atoms with van der Waals surface area (Å²) in [6.45, 7) is 0. The van der Waals surface area contributed by atoms with E-state index in [0.717, 1.165) is 50.5 Å². The number of aromatic nitrogens is 1. The summed E-state index contributed by atoms with van der Waals surface area (Å²) in [5.74, 6) is 0. The first kappa shape index (κ1) is 35.2. The van der Waals surface area contributed by atoms with Crippen LogP contribution in [-0.2, 0) is 0 Å². The largest absolute Gasteiger partial charge is 0.309 e. The number of rotatable bonds is 8. The summed E-state index contributed by atoms with van der Waals surface area (Å²) in [5, 5.41) is 4.86. The Morgan fingerprint density at radius 2 is 0.833 bits per heavy atom. The van der Waals surface area contributed by atoms with Crippen LogP contribution in [0, 0.1) is 0 Å². The first-order valence-electron chi connectivity index (χ1n) is 20.6. The molecule has 0 fully saturated rings. The molecule has 0 atom stereocenters. The van der Waals surface area contributed by atoms with Crippen molar-refractivity contribution in [1.82, 2.24) is 4.57 Å². The molecule has 11 aromatic rings. The number of hydrogen-bond donors (Lipinski definition) is 0. The van der Waals surface area contributed by atoms with Crippen LogP contribution >= 0.6 is 0 Å². The van der Waals surface area contributed by atoms with Crippen LogP contribution in [0.1, 0.15) is 0 Å². The molecule has 0 unspecified atom stereocenters. The van der Waals surface area contributed by atoms with E-state index in [0.29, 0.717) is 0 Å². The molecule has 0 aliphatic heterocycles. The van der Waals surface area contributed by atoms with Crippen molar-refractivity contribution in [3.8, 4) is 50.2 Å². The lowest BCUT2D eigenvalue weighted by molar-refractivity contribution is 1.18. The summed E-state index contributed by atoms with van der Waals surface area (Å²) >= 11 is 0. The summed E-state index contributed by atoms with van der Waals surface area (Å²) in [4.78, 5) is 2.51. The quantitative estimate of drug-likeness (QED) is 0.150. The third kappa shape index (κ3) is 6.14. The van der Waals surface area contributed by atoms with Gasteiger partial charge >= 0.3 is 0 Å². The van der Waals surface area contributed by atoms with Gasteiger partial charge in [-0.25, -0.2) is 0 Å².